The zero-order valence-electron chi connectivity index (χ0n) is 12.4. The zero-order valence-corrected chi connectivity index (χ0v) is 12.4. The van der Waals surface area contributed by atoms with Crippen molar-refractivity contribution in [1.82, 2.24) is 4.98 Å². The van der Waals surface area contributed by atoms with Gasteiger partial charge >= 0.3 is 5.97 Å². The molecule has 0 saturated carbocycles. The maximum Gasteiger partial charge on any atom is 0.335 e. The number of carboxylic acids is 1. The van der Waals surface area contributed by atoms with Gasteiger partial charge in [-0.3, -0.25) is 0 Å². The van der Waals surface area contributed by atoms with Gasteiger partial charge in [0, 0.05) is 0 Å². The molecule has 0 radical (unpaired) electrons. The highest BCUT2D eigenvalue weighted by Gasteiger charge is 2.11. The molecule has 0 spiro atoms. The smallest absolute Gasteiger partial charge is 0.335 e. The van der Waals surface area contributed by atoms with E-state index in [-0.39, 0.29) is 24.7 Å². The normalized spacial score (nSPS) is 10.5. The molecule has 1 aromatic heterocycles. The van der Waals surface area contributed by atoms with Gasteiger partial charge in [-0.15, -0.1) is 0 Å². The number of aromatic nitrogens is 1. The predicted molar refractivity (Wildman–Crippen MR) is 82.4 cm³/mol. The Bertz CT molecular complexity index is 955. The molecule has 0 aliphatic carbocycles. The lowest BCUT2D eigenvalue weighted by atomic mass is 10.1. The Balaban J connectivity index is 1.81. The molecule has 0 fully saturated rings. The van der Waals surface area contributed by atoms with Crippen LogP contribution in [0.15, 0.2) is 40.8 Å². The summed E-state index contributed by atoms with van der Waals surface area (Å²) in [5, 5.41) is 27.2. The number of aliphatic hydroxyl groups excluding tert-OH is 1. The van der Waals surface area contributed by atoms with E-state index in [1.54, 1.807) is 24.3 Å². The van der Waals surface area contributed by atoms with Crippen molar-refractivity contribution in [3.05, 3.63) is 59.0 Å². The van der Waals surface area contributed by atoms with Crippen LogP contribution in [0.2, 0.25) is 0 Å². The summed E-state index contributed by atoms with van der Waals surface area (Å²) >= 11 is 0. The molecule has 0 aliphatic rings. The number of carbonyl (C=O) groups is 1. The van der Waals surface area contributed by atoms with Crippen molar-refractivity contribution < 1.29 is 24.2 Å². The zero-order chi connectivity index (χ0) is 17.1. The Morgan fingerprint density at radius 3 is 2.83 bits per heavy atom. The monoisotopic (exact) mass is 324 g/mol. The van der Waals surface area contributed by atoms with Crippen molar-refractivity contribution in [1.29, 1.82) is 5.26 Å². The summed E-state index contributed by atoms with van der Waals surface area (Å²) < 4.78 is 11.0. The van der Waals surface area contributed by atoms with Crippen molar-refractivity contribution in [2.75, 3.05) is 0 Å². The number of ether oxygens (including phenoxy) is 1. The molecule has 0 amide bonds. The molecule has 2 N–H and O–H groups in total. The number of nitriles is 1. The van der Waals surface area contributed by atoms with E-state index in [2.05, 4.69) is 4.98 Å². The first-order valence-corrected chi connectivity index (χ1v) is 7.00. The SMILES string of the molecule is N#Cc1cc(CO)ccc1OCc1nc2ccc(C(=O)O)cc2o1. The van der Waals surface area contributed by atoms with Gasteiger partial charge in [-0.05, 0) is 35.9 Å². The first-order chi connectivity index (χ1) is 11.6. The fraction of sp³-hybridized carbons (Fsp3) is 0.118. The number of carboxylic acid groups (broad SMARTS) is 1. The molecular formula is C17H12N2O5. The molecule has 0 aliphatic heterocycles. The van der Waals surface area contributed by atoms with Gasteiger partial charge in [0.2, 0.25) is 5.89 Å². The first-order valence-electron chi connectivity index (χ1n) is 7.00. The van der Waals surface area contributed by atoms with Gasteiger partial charge in [0.1, 0.15) is 17.3 Å². The lowest BCUT2D eigenvalue weighted by Crippen LogP contribution is -1.98. The van der Waals surface area contributed by atoms with Gasteiger partial charge < -0.3 is 19.4 Å². The summed E-state index contributed by atoms with van der Waals surface area (Å²) in [4.78, 5) is 15.2. The summed E-state index contributed by atoms with van der Waals surface area (Å²) in [7, 11) is 0. The lowest BCUT2D eigenvalue weighted by molar-refractivity contribution is 0.0697. The number of benzene rings is 2. The van der Waals surface area contributed by atoms with E-state index in [9.17, 15) is 4.79 Å². The van der Waals surface area contributed by atoms with Crippen LogP contribution in [0, 0.1) is 11.3 Å². The highest BCUT2D eigenvalue weighted by molar-refractivity contribution is 5.91. The van der Waals surface area contributed by atoms with E-state index in [0.717, 1.165) is 0 Å². The molecule has 120 valence electrons. The Hall–Kier alpha value is -3.37. The van der Waals surface area contributed by atoms with Crippen LogP contribution >= 0.6 is 0 Å². The summed E-state index contributed by atoms with van der Waals surface area (Å²) in [6.45, 7) is -0.170. The van der Waals surface area contributed by atoms with E-state index < -0.39 is 5.97 Å². The second-order valence-electron chi connectivity index (χ2n) is 4.98. The van der Waals surface area contributed by atoms with E-state index in [1.165, 1.54) is 12.1 Å². The Kier molecular flexibility index (Phi) is 4.14. The topological polar surface area (TPSA) is 117 Å². The van der Waals surface area contributed by atoms with Crippen molar-refractivity contribution in [3.8, 4) is 11.8 Å². The molecule has 0 saturated heterocycles. The van der Waals surface area contributed by atoms with Gasteiger partial charge in [-0.25, -0.2) is 9.78 Å². The molecule has 0 unspecified atom stereocenters. The molecule has 1 heterocycles. The molecule has 3 rings (SSSR count). The highest BCUT2D eigenvalue weighted by atomic mass is 16.5. The summed E-state index contributed by atoms with van der Waals surface area (Å²) in [5.41, 5.74) is 1.89. The fourth-order valence-corrected chi connectivity index (χ4v) is 2.20. The van der Waals surface area contributed by atoms with E-state index >= 15 is 0 Å². The van der Waals surface area contributed by atoms with Crippen LogP contribution in [0.25, 0.3) is 11.1 Å². The number of hydrogen-bond acceptors (Lipinski definition) is 6. The molecule has 3 aromatic rings. The van der Waals surface area contributed by atoms with E-state index in [1.807, 2.05) is 6.07 Å². The van der Waals surface area contributed by atoms with Crippen LogP contribution in [0.3, 0.4) is 0 Å². The lowest BCUT2D eigenvalue weighted by Gasteiger charge is -2.06. The quantitative estimate of drug-likeness (QED) is 0.740. The minimum atomic E-state index is -1.05. The highest BCUT2D eigenvalue weighted by Crippen LogP contribution is 2.22. The second kappa shape index (κ2) is 6.40. The minimum Gasteiger partial charge on any atom is -0.482 e. The number of nitrogens with zero attached hydrogens (tertiary/aromatic N) is 2. The van der Waals surface area contributed by atoms with Crippen molar-refractivity contribution >= 4 is 17.1 Å². The molecule has 0 bridgehead atoms. The molecule has 24 heavy (non-hydrogen) atoms. The Morgan fingerprint density at radius 2 is 2.12 bits per heavy atom. The van der Waals surface area contributed by atoms with Gasteiger partial charge in [-0.1, -0.05) is 6.07 Å². The van der Waals surface area contributed by atoms with Crippen LogP contribution in [-0.2, 0) is 13.2 Å². The van der Waals surface area contributed by atoms with Gasteiger partial charge in [0.05, 0.1) is 17.7 Å². The number of rotatable bonds is 5. The van der Waals surface area contributed by atoms with E-state index in [4.69, 9.17) is 24.6 Å². The van der Waals surface area contributed by atoms with Crippen LogP contribution in [0.4, 0.5) is 0 Å². The number of aliphatic hydroxyl groups is 1. The summed E-state index contributed by atoms with van der Waals surface area (Å²) in [6.07, 6.45) is 0. The Labute approximate surface area is 136 Å². The Morgan fingerprint density at radius 1 is 1.29 bits per heavy atom. The van der Waals surface area contributed by atoms with Crippen molar-refractivity contribution in [2.45, 2.75) is 13.2 Å². The third-order valence-corrected chi connectivity index (χ3v) is 3.38. The van der Waals surface area contributed by atoms with E-state index in [0.29, 0.717) is 28.0 Å². The van der Waals surface area contributed by atoms with Crippen LogP contribution in [-0.4, -0.2) is 21.2 Å². The van der Waals surface area contributed by atoms with Crippen LogP contribution in [0.1, 0.15) is 27.4 Å². The number of aromatic carboxylic acids is 1. The fourth-order valence-electron chi connectivity index (χ4n) is 2.20. The summed E-state index contributed by atoms with van der Waals surface area (Å²) in [5.74, 6) is -0.431. The second-order valence-corrected chi connectivity index (χ2v) is 4.98. The molecule has 2 aromatic carbocycles. The maximum atomic E-state index is 10.9. The predicted octanol–water partition coefficient (Wildman–Crippen LogP) is 2.47. The van der Waals surface area contributed by atoms with Gasteiger partial charge in [-0.2, -0.15) is 5.26 Å². The van der Waals surface area contributed by atoms with Gasteiger partial charge in [0.15, 0.2) is 12.2 Å². The number of oxazole rings is 1. The first kappa shape index (κ1) is 15.5. The molecule has 0 atom stereocenters. The maximum absolute atomic E-state index is 10.9. The molecule has 7 heteroatoms. The third kappa shape index (κ3) is 3.04. The average Bonchev–Trinajstić information content (AvgIpc) is 3.01. The molecular weight excluding hydrogens is 312 g/mol. The van der Waals surface area contributed by atoms with Crippen LogP contribution < -0.4 is 4.74 Å². The minimum absolute atomic E-state index is 0.00969. The average molecular weight is 324 g/mol. The molecule has 7 nitrogen and oxygen atoms in total. The largest absolute Gasteiger partial charge is 0.482 e. The number of fused-ring (bicyclic) bond motifs is 1. The third-order valence-electron chi connectivity index (χ3n) is 3.38. The summed E-state index contributed by atoms with van der Waals surface area (Å²) in [6, 6.07) is 11.2. The van der Waals surface area contributed by atoms with Gasteiger partial charge in [0.25, 0.3) is 0 Å². The number of hydrogen-bond donors (Lipinski definition) is 2. The van der Waals surface area contributed by atoms with Crippen LogP contribution in [0.5, 0.6) is 5.75 Å². The van der Waals surface area contributed by atoms with Crippen molar-refractivity contribution in [3.63, 3.8) is 0 Å². The van der Waals surface area contributed by atoms with Crippen molar-refractivity contribution in [2.24, 2.45) is 0 Å². The standard InChI is InChI=1S/C17H12N2O5/c18-7-12-5-10(8-20)1-4-14(12)23-9-16-19-13-3-2-11(17(21)22)6-15(13)24-16/h1-6,20H,8-9H2,(H,21,22).